The topological polar surface area (TPSA) is 46.2 Å². The molecule has 0 atom stereocenters. The van der Waals surface area contributed by atoms with E-state index in [2.05, 4.69) is 5.32 Å². The highest BCUT2D eigenvalue weighted by atomic mass is 32.1. The third-order valence-corrected chi connectivity index (χ3v) is 4.64. The molecule has 0 saturated heterocycles. The Morgan fingerprint density at radius 2 is 2.00 bits per heavy atom. The smallest absolute Gasteiger partial charge is 0.220 e. The number of carbonyl (C=O) groups is 2. The molecular weight excluding hydrogens is 290 g/mol. The largest absolute Gasteiger partial charge is 0.351 e. The zero-order chi connectivity index (χ0) is 14.5. The van der Waals surface area contributed by atoms with Crippen LogP contribution < -0.4 is 5.32 Å². The van der Waals surface area contributed by atoms with Crippen LogP contribution in [0.4, 0.5) is 0 Å². The molecule has 0 aromatic carbocycles. The highest BCUT2D eigenvalue weighted by Gasteiger charge is 2.13. The highest BCUT2D eigenvalue weighted by molar-refractivity contribution is 7.16. The molecule has 0 fully saturated rings. The molecule has 0 aliphatic rings. The van der Waals surface area contributed by atoms with Gasteiger partial charge in [0.25, 0.3) is 0 Å². The number of amides is 1. The Balaban J connectivity index is 1.93. The average Bonchev–Trinajstić information content (AvgIpc) is 3.06. The second-order valence-electron chi connectivity index (χ2n) is 4.95. The fourth-order valence-corrected chi connectivity index (χ4v) is 3.40. The molecule has 2 rings (SSSR count). The van der Waals surface area contributed by atoms with Gasteiger partial charge in [-0.2, -0.15) is 0 Å². The summed E-state index contributed by atoms with van der Waals surface area (Å²) in [6, 6.07) is 7.44. The lowest BCUT2D eigenvalue weighted by molar-refractivity contribution is -0.121. The number of hydrogen-bond acceptors (Lipinski definition) is 4. The monoisotopic (exact) mass is 307 g/mol. The minimum absolute atomic E-state index is 0.0551. The molecule has 5 heteroatoms. The van der Waals surface area contributed by atoms with Crippen LogP contribution in [0.2, 0.25) is 0 Å². The third-order valence-electron chi connectivity index (χ3n) is 2.68. The summed E-state index contributed by atoms with van der Waals surface area (Å²) in [7, 11) is 0. The van der Waals surface area contributed by atoms with Gasteiger partial charge in [-0.05, 0) is 29.5 Å². The van der Waals surface area contributed by atoms with Crippen LogP contribution in [0, 0.1) is 5.92 Å². The van der Waals surface area contributed by atoms with E-state index in [1.807, 2.05) is 43.5 Å². The summed E-state index contributed by atoms with van der Waals surface area (Å²) < 4.78 is 0. The molecule has 20 heavy (non-hydrogen) atoms. The van der Waals surface area contributed by atoms with Crippen LogP contribution in [-0.4, -0.2) is 11.7 Å². The van der Waals surface area contributed by atoms with Gasteiger partial charge in [0.2, 0.25) is 11.7 Å². The first-order valence-corrected chi connectivity index (χ1v) is 8.19. The molecule has 1 N–H and O–H groups in total. The molecule has 2 aromatic rings. The molecule has 2 heterocycles. The van der Waals surface area contributed by atoms with E-state index in [4.69, 9.17) is 0 Å². The van der Waals surface area contributed by atoms with Crippen LogP contribution >= 0.6 is 22.7 Å². The normalized spacial score (nSPS) is 10.8. The number of nitrogens with one attached hydrogen (secondary N) is 1. The molecule has 2 aromatic heterocycles. The third kappa shape index (κ3) is 4.02. The number of ketones is 1. The predicted molar refractivity (Wildman–Crippen MR) is 83.4 cm³/mol. The Hall–Kier alpha value is -1.46. The fourth-order valence-electron chi connectivity index (χ4n) is 1.75. The second kappa shape index (κ2) is 6.81. The number of rotatable bonds is 6. The summed E-state index contributed by atoms with van der Waals surface area (Å²) in [5, 5.41) is 4.78. The number of carbonyl (C=O) groups excluding carboxylic acids is 2. The van der Waals surface area contributed by atoms with E-state index in [0.29, 0.717) is 18.9 Å². The van der Waals surface area contributed by atoms with E-state index in [1.54, 1.807) is 0 Å². The zero-order valence-corrected chi connectivity index (χ0v) is 13.1. The lowest BCUT2D eigenvalue weighted by Gasteiger charge is -2.05. The minimum Gasteiger partial charge on any atom is -0.351 e. The van der Waals surface area contributed by atoms with Gasteiger partial charge in [0.15, 0.2) is 0 Å². The van der Waals surface area contributed by atoms with Crippen molar-refractivity contribution < 1.29 is 9.59 Å². The maximum absolute atomic E-state index is 12.1. The van der Waals surface area contributed by atoms with Gasteiger partial charge in [-0.25, -0.2) is 0 Å². The van der Waals surface area contributed by atoms with Crippen LogP contribution in [0.5, 0.6) is 0 Å². The first kappa shape index (κ1) is 14.9. The van der Waals surface area contributed by atoms with Crippen molar-refractivity contribution in [1.29, 1.82) is 0 Å². The van der Waals surface area contributed by atoms with Crippen molar-refractivity contribution in [2.75, 3.05) is 0 Å². The molecule has 106 valence electrons. The Kier molecular flexibility index (Phi) is 5.09. The Morgan fingerprint density at radius 3 is 2.65 bits per heavy atom. The molecular formula is C15H17NO2S2. The molecule has 3 nitrogen and oxygen atoms in total. The molecule has 0 saturated carbocycles. The molecule has 0 radical (unpaired) electrons. The Morgan fingerprint density at radius 1 is 1.20 bits per heavy atom. The SMILES string of the molecule is CC(C)CC(=O)NCc1ccc(C(=O)c2cccs2)s1. The average molecular weight is 307 g/mol. The van der Waals surface area contributed by atoms with Crippen LogP contribution in [0.3, 0.4) is 0 Å². The number of thiophene rings is 2. The van der Waals surface area contributed by atoms with Crippen LogP contribution in [0.1, 0.15) is 39.7 Å². The Bertz CT molecular complexity index is 585. The van der Waals surface area contributed by atoms with Gasteiger partial charge in [-0.3, -0.25) is 9.59 Å². The van der Waals surface area contributed by atoms with Crippen LogP contribution in [-0.2, 0) is 11.3 Å². The summed E-state index contributed by atoms with van der Waals surface area (Å²) in [5.41, 5.74) is 0. The van der Waals surface area contributed by atoms with Crippen molar-refractivity contribution in [3.63, 3.8) is 0 Å². The van der Waals surface area contributed by atoms with Gasteiger partial charge in [0.1, 0.15) is 0 Å². The van der Waals surface area contributed by atoms with Gasteiger partial charge < -0.3 is 5.32 Å². The van der Waals surface area contributed by atoms with Crippen molar-refractivity contribution in [1.82, 2.24) is 5.32 Å². The van der Waals surface area contributed by atoms with Crippen LogP contribution in [0.25, 0.3) is 0 Å². The first-order valence-electron chi connectivity index (χ1n) is 6.50. The van der Waals surface area contributed by atoms with Crippen molar-refractivity contribution >= 4 is 34.4 Å². The van der Waals surface area contributed by atoms with Crippen molar-refractivity contribution in [2.45, 2.75) is 26.8 Å². The second-order valence-corrected chi connectivity index (χ2v) is 7.06. The van der Waals surface area contributed by atoms with Gasteiger partial charge in [0, 0.05) is 11.3 Å². The standard InChI is InChI=1S/C15H17NO2S2/c1-10(2)8-14(17)16-9-11-5-6-13(20-11)15(18)12-4-3-7-19-12/h3-7,10H,8-9H2,1-2H3,(H,16,17). The lowest BCUT2D eigenvalue weighted by Crippen LogP contribution is -2.23. The molecule has 0 aliphatic heterocycles. The number of hydrogen-bond donors (Lipinski definition) is 1. The molecule has 0 aliphatic carbocycles. The summed E-state index contributed by atoms with van der Waals surface area (Å²) in [6.07, 6.45) is 0.534. The molecule has 0 spiro atoms. The van der Waals surface area contributed by atoms with E-state index in [1.165, 1.54) is 22.7 Å². The summed E-state index contributed by atoms with van der Waals surface area (Å²) in [4.78, 5) is 26.2. The van der Waals surface area contributed by atoms with Gasteiger partial charge in [-0.1, -0.05) is 19.9 Å². The van der Waals surface area contributed by atoms with E-state index in [0.717, 1.165) is 14.6 Å². The van der Waals surface area contributed by atoms with E-state index in [9.17, 15) is 9.59 Å². The summed E-state index contributed by atoms with van der Waals surface area (Å²) >= 11 is 2.89. The van der Waals surface area contributed by atoms with Crippen LogP contribution in [0.15, 0.2) is 29.6 Å². The van der Waals surface area contributed by atoms with Crippen molar-refractivity contribution in [3.05, 3.63) is 44.3 Å². The van der Waals surface area contributed by atoms with E-state index >= 15 is 0 Å². The first-order chi connectivity index (χ1) is 9.56. The van der Waals surface area contributed by atoms with Crippen molar-refractivity contribution in [2.24, 2.45) is 5.92 Å². The van der Waals surface area contributed by atoms with E-state index in [-0.39, 0.29) is 11.7 Å². The maximum atomic E-state index is 12.1. The highest BCUT2D eigenvalue weighted by Crippen LogP contribution is 2.22. The predicted octanol–water partition coefficient (Wildman–Crippen LogP) is 3.70. The summed E-state index contributed by atoms with van der Waals surface area (Å²) in [5.74, 6) is 0.471. The summed E-state index contributed by atoms with van der Waals surface area (Å²) in [6.45, 7) is 4.53. The zero-order valence-electron chi connectivity index (χ0n) is 11.5. The molecule has 0 unspecified atom stereocenters. The molecule has 1 amide bonds. The molecule has 0 bridgehead atoms. The quantitative estimate of drug-likeness (QED) is 0.827. The van der Waals surface area contributed by atoms with E-state index < -0.39 is 0 Å². The van der Waals surface area contributed by atoms with Gasteiger partial charge in [-0.15, -0.1) is 22.7 Å². The maximum Gasteiger partial charge on any atom is 0.220 e. The van der Waals surface area contributed by atoms with Gasteiger partial charge >= 0.3 is 0 Å². The van der Waals surface area contributed by atoms with Crippen molar-refractivity contribution in [3.8, 4) is 0 Å². The minimum atomic E-state index is 0.0551. The van der Waals surface area contributed by atoms with Gasteiger partial charge in [0.05, 0.1) is 16.3 Å². The fraction of sp³-hybridized carbons (Fsp3) is 0.333. The lowest BCUT2D eigenvalue weighted by atomic mass is 10.1. The Labute approximate surface area is 126 Å².